The Morgan fingerprint density at radius 1 is 0.647 bits per heavy atom. The van der Waals surface area contributed by atoms with Gasteiger partial charge in [0, 0.05) is 12.8 Å². The molecule has 3 atom stereocenters. The molecule has 3 N–H and O–H groups in total. The molecule has 11 heteroatoms. The Bertz CT molecular complexity index is 1070. The average molecular weight is 754 g/mol. The summed E-state index contributed by atoms with van der Waals surface area (Å²) in [5.41, 5.74) is 0. The maximum Gasteiger partial charge on any atom is 0.472 e. The van der Waals surface area contributed by atoms with Crippen molar-refractivity contribution >= 4 is 19.8 Å². The molecule has 0 fully saturated rings. The van der Waals surface area contributed by atoms with Gasteiger partial charge in [-0.3, -0.25) is 18.6 Å². The van der Waals surface area contributed by atoms with E-state index in [0.717, 1.165) is 64.2 Å². The van der Waals surface area contributed by atoms with Crippen LogP contribution in [0.15, 0.2) is 12.2 Å². The van der Waals surface area contributed by atoms with Gasteiger partial charge in [0.1, 0.15) is 12.7 Å². The molecule has 0 aliphatic rings. The van der Waals surface area contributed by atoms with E-state index < -0.39 is 58.3 Å². The normalized spacial score (nSPS) is 16.7. The van der Waals surface area contributed by atoms with Crippen molar-refractivity contribution < 1.29 is 54.6 Å². The van der Waals surface area contributed by atoms with E-state index in [1.807, 2.05) is 0 Å². The number of rotatable bonds is 39. The topological polar surface area (TPSA) is 149 Å². The summed E-state index contributed by atoms with van der Waals surface area (Å²) in [6, 6.07) is 0. The molecule has 0 saturated heterocycles. The summed E-state index contributed by atoms with van der Waals surface area (Å²) in [4.78, 5) is 35.2. The van der Waals surface area contributed by atoms with Gasteiger partial charge in [-0.15, -0.1) is 0 Å². The Kier molecular flexibility index (Phi) is 29.7. The first kappa shape index (κ1) is 40.9. The van der Waals surface area contributed by atoms with E-state index in [2.05, 4.69) is 30.5 Å². The van der Waals surface area contributed by atoms with Crippen molar-refractivity contribution in [3.05, 3.63) is 12.2 Å². The van der Waals surface area contributed by atoms with Gasteiger partial charge in [0.05, 0.1) is 26.6 Å². The van der Waals surface area contributed by atoms with Gasteiger partial charge in [0.15, 0.2) is 6.10 Å². The Morgan fingerprint density at radius 2 is 1.06 bits per heavy atom. The molecule has 0 rings (SSSR count). The Morgan fingerprint density at radius 3 is 1.51 bits per heavy atom. The van der Waals surface area contributed by atoms with Crippen LogP contribution in [0.5, 0.6) is 0 Å². The summed E-state index contributed by atoms with van der Waals surface area (Å²) >= 11 is 0. The summed E-state index contributed by atoms with van der Waals surface area (Å²) in [5, 5.41) is 19.2. The lowest BCUT2D eigenvalue weighted by Gasteiger charge is -2.20. The summed E-state index contributed by atoms with van der Waals surface area (Å²) in [6.45, 7) is -4.79. The summed E-state index contributed by atoms with van der Waals surface area (Å²) in [6.07, 6.45) is 28.4. The van der Waals surface area contributed by atoms with Crippen molar-refractivity contribution in [3.63, 3.8) is 0 Å². The molecule has 0 heterocycles. The molecular weight excluding hydrogens is 671 g/mol. The van der Waals surface area contributed by atoms with Crippen LogP contribution >= 0.6 is 7.82 Å². The molecule has 10 nitrogen and oxygen atoms in total. The van der Waals surface area contributed by atoms with Crippen LogP contribution in [-0.4, -0.2) is 65.6 Å². The minimum Gasteiger partial charge on any atom is -0.462 e. The second-order valence-corrected chi connectivity index (χ2v) is 14.9. The van der Waals surface area contributed by atoms with Gasteiger partial charge in [-0.1, -0.05) is 154 Å². The lowest BCUT2D eigenvalue weighted by atomic mass is 10.0. The molecule has 302 valence electrons. The van der Waals surface area contributed by atoms with Crippen molar-refractivity contribution in [2.75, 3.05) is 26.3 Å². The Balaban J connectivity index is 4.74. The zero-order valence-corrected chi connectivity index (χ0v) is 33.0. The van der Waals surface area contributed by atoms with Gasteiger partial charge in [-0.05, 0) is 38.5 Å². The molecule has 0 aromatic heterocycles. The van der Waals surface area contributed by atoms with Crippen LogP contribution in [0.1, 0.15) is 200 Å². The molecule has 0 amide bonds. The third-order valence-electron chi connectivity index (χ3n) is 8.64. The molecule has 0 aromatic rings. The lowest BCUT2D eigenvalue weighted by Crippen LogP contribution is -2.29. The number of unbranched alkanes of at least 4 members (excludes halogenated alkanes) is 23. The first-order valence-electron chi connectivity index (χ1n) is 22.6. The maximum absolute atomic E-state index is 12.7. The van der Waals surface area contributed by atoms with Crippen molar-refractivity contribution in [1.82, 2.24) is 0 Å². The molecular formula is C40H77O10P. The second kappa shape index (κ2) is 37.0. The molecule has 2 unspecified atom stereocenters. The third-order valence-corrected chi connectivity index (χ3v) is 9.44. The maximum atomic E-state index is 12.7. The Labute approximate surface area is 318 Å². The number of hydrogen-bond donors (Lipinski definition) is 3. The summed E-state index contributed by atoms with van der Waals surface area (Å²) in [7, 11) is -5.49. The van der Waals surface area contributed by atoms with Crippen LogP contribution < -0.4 is 0 Å². The monoisotopic (exact) mass is 754 g/mol. The molecule has 0 radical (unpaired) electrons. The van der Waals surface area contributed by atoms with Crippen molar-refractivity contribution in [3.8, 4) is 0 Å². The molecule has 0 saturated carbocycles. The lowest BCUT2D eigenvalue weighted by molar-refractivity contribution is -0.161. The molecule has 0 aliphatic carbocycles. The fourth-order valence-electron chi connectivity index (χ4n) is 5.57. The second-order valence-electron chi connectivity index (χ2n) is 13.5. The van der Waals surface area contributed by atoms with E-state index in [0.29, 0.717) is 12.8 Å². The highest BCUT2D eigenvalue weighted by Gasteiger charge is 2.27. The predicted octanol–water partition coefficient (Wildman–Crippen LogP) is 10.4. The average Bonchev–Trinajstić information content (AvgIpc) is 3.12. The highest BCUT2D eigenvalue weighted by Crippen LogP contribution is 2.43. The van der Waals surface area contributed by atoms with Crippen LogP contribution in [0.25, 0.3) is 0 Å². The van der Waals surface area contributed by atoms with E-state index >= 15 is 0 Å². The van der Waals surface area contributed by atoms with Crippen LogP contribution in [0.2, 0.25) is 0 Å². The van der Waals surface area contributed by atoms with Gasteiger partial charge in [-0.2, -0.15) is 0 Å². The number of aliphatic hydroxyl groups is 2. The third kappa shape index (κ3) is 36.8. The number of hydrogen-bond acceptors (Lipinski definition) is 9. The SMILES string of the molecule is [2H]C([2H])(O)C([2H])(O)C([2H])([2H])OP(=O)(O)OC[C@@H](COC(=O)CCCCCCCCCCCCCCC)OC(=O)CCCCCCC/C=C\CCCCCCCC. The standard InChI is InChI=1S/C40H77O10P/c1-3-5-7-9-11-13-15-17-18-20-22-24-26-28-30-32-40(44)50-38(36-49-51(45,46)48-34-37(42)33-41)35-47-39(43)31-29-27-25-23-21-19-16-14-12-10-8-6-4-2/h17-18,37-38,41-42H,3-16,19-36H2,1-2H3,(H,45,46)/b18-17-/t37?,38-/m1/s1/i33D2,34D2,37D. The number of carbonyl (C=O) groups is 2. The van der Waals surface area contributed by atoms with Crippen LogP contribution in [0.4, 0.5) is 0 Å². The van der Waals surface area contributed by atoms with Gasteiger partial charge in [-0.25, -0.2) is 4.57 Å². The zero-order valence-electron chi connectivity index (χ0n) is 37.1. The number of carbonyl (C=O) groups excluding carboxylic acids is 2. The van der Waals surface area contributed by atoms with E-state index in [4.69, 9.17) is 20.9 Å². The molecule has 0 bridgehead atoms. The molecule has 0 aliphatic heterocycles. The predicted molar refractivity (Wildman–Crippen MR) is 205 cm³/mol. The number of ether oxygens (including phenoxy) is 2. The Hall–Kier alpha value is -1.29. The molecule has 0 spiro atoms. The van der Waals surface area contributed by atoms with E-state index in [1.165, 1.54) is 89.9 Å². The zero-order chi connectivity index (χ0) is 42.2. The number of phosphoric ester groups is 1. The van der Waals surface area contributed by atoms with Gasteiger partial charge in [0.25, 0.3) is 0 Å². The van der Waals surface area contributed by atoms with E-state index in [1.54, 1.807) is 0 Å². The van der Waals surface area contributed by atoms with E-state index in [9.17, 15) is 29.3 Å². The fraction of sp³-hybridized carbons (Fsp3) is 0.900. The summed E-state index contributed by atoms with van der Waals surface area (Å²) in [5.74, 6) is -1.22. The minimum atomic E-state index is -5.49. The highest BCUT2D eigenvalue weighted by molar-refractivity contribution is 7.47. The van der Waals surface area contributed by atoms with Gasteiger partial charge < -0.3 is 24.6 Å². The largest absolute Gasteiger partial charge is 0.472 e. The van der Waals surface area contributed by atoms with Gasteiger partial charge >= 0.3 is 19.8 Å². The number of phosphoric acid groups is 1. The van der Waals surface area contributed by atoms with Crippen molar-refractivity contribution in [2.45, 2.75) is 206 Å². The minimum absolute atomic E-state index is 0.0366. The number of allylic oxidation sites excluding steroid dienone is 2. The van der Waals surface area contributed by atoms with E-state index in [-0.39, 0.29) is 12.8 Å². The van der Waals surface area contributed by atoms with Gasteiger partial charge in [0.2, 0.25) is 0 Å². The first-order chi connectivity index (χ1) is 26.5. The van der Waals surface area contributed by atoms with Crippen LogP contribution in [-0.2, 0) is 32.7 Å². The summed E-state index contributed by atoms with van der Waals surface area (Å²) < 4.78 is 68.9. The van der Waals surface area contributed by atoms with Crippen molar-refractivity contribution in [2.24, 2.45) is 0 Å². The van der Waals surface area contributed by atoms with Crippen LogP contribution in [0.3, 0.4) is 0 Å². The quantitative estimate of drug-likeness (QED) is 0.0240. The number of esters is 2. The highest BCUT2D eigenvalue weighted by atomic mass is 31.2. The molecule has 0 aromatic carbocycles. The first-order valence-corrected chi connectivity index (χ1v) is 21.6. The smallest absolute Gasteiger partial charge is 0.462 e. The molecule has 51 heavy (non-hydrogen) atoms. The van der Waals surface area contributed by atoms with Crippen LogP contribution in [0, 0.1) is 0 Å². The fourth-order valence-corrected chi connectivity index (χ4v) is 6.18. The van der Waals surface area contributed by atoms with Crippen molar-refractivity contribution in [1.29, 1.82) is 0 Å².